The van der Waals surface area contributed by atoms with Gasteiger partial charge < -0.3 is 0 Å². The Labute approximate surface area is 77.7 Å². The standard InChI is InChI=1S/C10H13NS/c1-6-4-9-10(5-7(6)2)12-8(3)11-9/h4-5,9-10H,1-3H3. The van der Waals surface area contributed by atoms with Crippen LogP contribution in [0, 0.1) is 0 Å². The molecule has 0 aromatic carbocycles. The molecular weight excluding hydrogens is 166 g/mol. The maximum absolute atomic E-state index is 4.55. The second kappa shape index (κ2) is 2.77. The Balaban J connectivity index is 2.30. The molecule has 2 rings (SSSR count). The summed E-state index contributed by atoms with van der Waals surface area (Å²) < 4.78 is 0. The van der Waals surface area contributed by atoms with Gasteiger partial charge in [0.05, 0.1) is 16.3 Å². The van der Waals surface area contributed by atoms with Gasteiger partial charge in [-0.3, -0.25) is 4.99 Å². The molecule has 0 bridgehead atoms. The zero-order valence-corrected chi connectivity index (χ0v) is 8.48. The Bertz CT molecular complexity index is 299. The second-order valence-corrected chi connectivity index (χ2v) is 4.79. The summed E-state index contributed by atoms with van der Waals surface area (Å²) in [5.74, 6) is 0. The largest absolute Gasteiger partial charge is 0.274 e. The summed E-state index contributed by atoms with van der Waals surface area (Å²) in [4.78, 5) is 4.55. The van der Waals surface area contributed by atoms with Gasteiger partial charge in [0.25, 0.3) is 0 Å². The molecule has 1 aliphatic carbocycles. The Morgan fingerprint density at radius 1 is 1.17 bits per heavy atom. The van der Waals surface area contributed by atoms with Crippen LogP contribution >= 0.6 is 11.8 Å². The minimum Gasteiger partial charge on any atom is -0.274 e. The van der Waals surface area contributed by atoms with Crippen molar-refractivity contribution < 1.29 is 0 Å². The van der Waals surface area contributed by atoms with Gasteiger partial charge in [-0.15, -0.1) is 11.8 Å². The summed E-state index contributed by atoms with van der Waals surface area (Å²) in [6, 6.07) is 0.415. The van der Waals surface area contributed by atoms with E-state index in [-0.39, 0.29) is 0 Å². The maximum Gasteiger partial charge on any atom is 0.0852 e. The lowest BCUT2D eigenvalue weighted by Gasteiger charge is -2.18. The molecule has 0 saturated heterocycles. The van der Waals surface area contributed by atoms with Crippen molar-refractivity contribution in [3.63, 3.8) is 0 Å². The number of rotatable bonds is 0. The summed E-state index contributed by atoms with van der Waals surface area (Å²) in [7, 11) is 0. The fourth-order valence-corrected chi connectivity index (χ4v) is 2.74. The number of thioether (sulfide) groups is 1. The second-order valence-electron chi connectivity index (χ2n) is 3.42. The van der Waals surface area contributed by atoms with Gasteiger partial charge in [0, 0.05) is 0 Å². The van der Waals surface area contributed by atoms with Gasteiger partial charge in [-0.1, -0.05) is 23.3 Å². The molecule has 12 heavy (non-hydrogen) atoms. The molecule has 1 nitrogen and oxygen atoms in total. The third-order valence-corrected chi connectivity index (χ3v) is 3.56. The first-order chi connectivity index (χ1) is 5.66. The van der Waals surface area contributed by atoms with Crippen LogP contribution in [0.15, 0.2) is 28.3 Å². The Hall–Kier alpha value is -0.500. The molecule has 0 radical (unpaired) electrons. The Kier molecular flexibility index (Phi) is 1.87. The van der Waals surface area contributed by atoms with Crippen molar-refractivity contribution in [3.8, 4) is 0 Å². The number of nitrogens with zero attached hydrogens (tertiary/aromatic N) is 1. The number of hydrogen-bond donors (Lipinski definition) is 0. The van der Waals surface area contributed by atoms with Gasteiger partial charge in [0.15, 0.2) is 0 Å². The zero-order chi connectivity index (χ0) is 8.72. The van der Waals surface area contributed by atoms with Crippen molar-refractivity contribution in [1.82, 2.24) is 0 Å². The van der Waals surface area contributed by atoms with Crippen LogP contribution in [0.2, 0.25) is 0 Å². The van der Waals surface area contributed by atoms with Crippen LogP contribution in [-0.4, -0.2) is 16.3 Å². The van der Waals surface area contributed by atoms with E-state index in [1.165, 1.54) is 16.2 Å². The summed E-state index contributed by atoms with van der Waals surface area (Å²) in [6.45, 7) is 6.43. The zero-order valence-electron chi connectivity index (χ0n) is 7.66. The van der Waals surface area contributed by atoms with E-state index in [9.17, 15) is 0 Å². The van der Waals surface area contributed by atoms with Gasteiger partial charge in [0.1, 0.15) is 0 Å². The van der Waals surface area contributed by atoms with Crippen LogP contribution in [0.3, 0.4) is 0 Å². The predicted molar refractivity (Wildman–Crippen MR) is 55.8 cm³/mol. The van der Waals surface area contributed by atoms with Crippen molar-refractivity contribution in [1.29, 1.82) is 0 Å². The molecule has 0 saturated carbocycles. The highest BCUT2D eigenvalue weighted by molar-refractivity contribution is 8.14. The highest BCUT2D eigenvalue weighted by atomic mass is 32.2. The van der Waals surface area contributed by atoms with E-state index in [2.05, 4.69) is 37.9 Å². The number of hydrogen-bond acceptors (Lipinski definition) is 2. The first-order valence-corrected chi connectivity index (χ1v) is 5.13. The monoisotopic (exact) mass is 179 g/mol. The highest BCUT2D eigenvalue weighted by Gasteiger charge is 2.27. The quantitative estimate of drug-likeness (QED) is 0.557. The molecule has 0 N–H and O–H groups in total. The van der Waals surface area contributed by atoms with E-state index in [0.29, 0.717) is 11.3 Å². The minimum absolute atomic E-state index is 0.415. The highest BCUT2D eigenvalue weighted by Crippen LogP contribution is 2.34. The average molecular weight is 179 g/mol. The third-order valence-electron chi connectivity index (χ3n) is 2.43. The molecule has 1 heterocycles. The lowest BCUT2D eigenvalue weighted by Crippen LogP contribution is -2.16. The van der Waals surface area contributed by atoms with Gasteiger partial charge in [0.2, 0.25) is 0 Å². The maximum atomic E-state index is 4.55. The third kappa shape index (κ3) is 1.24. The molecule has 2 heteroatoms. The van der Waals surface area contributed by atoms with Crippen LogP contribution in [0.25, 0.3) is 0 Å². The number of allylic oxidation sites excluding steroid dienone is 2. The lowest BCUT2D eigenvalue weighted by molar-refractivity contribution is 0.841. The van der Waals surface area contributed by atoms with Crippen molar-refractivity contribution in [2.24, 2.45) is 4.99 Å². The van der Waals surface area contributed by atoms with E-state index < -0.39 is 0 Å². The molecule has 1 aliphatic heterocycles. The van der Waals surface area contributed by atoms with E-state index in [0.717, 1.165) is 0 Å². The number of aliphatic imine (C=N–C) groups is 1. The van der Waals surface area contributed by atoms with Crippen LogP contribution in [0.4, 0.5) is 0 Å². The lowest BCUT2D eigenvalue weighted by atomic mass is 9.97. The van der Waals surface area contributed by atoms with Gasteiger partial charge >= 0.3 is 0 Å². The molecule has 0 fully saturated rings. The van der Waals surface area contributed by atoms with Crippen LogP contribution in [0.5, 0.6) is 0 Å². The van der Waals surface area contributed by atoms with Crippen LogP contribution in [0.1, 0.15) is 20.8 Å². The molecule has 0 amide bonds. The van der Waals surface area contributed by atoms with Crippen LogP contribution < -0.4 is 0 Å². The topological polar surface area (TPSA) is 12.4 Å². The average Bonchev–Trinajstić information content (AvgIpc) is 2.30. The molecule has 2 unspecified atom stereocenters. The summed E-state index contributed by atoms with van der Waals surface area (Å²) in [5.41, 5.74) is 2.80. The van der Waals surface area contributed by atoms with Gasteiger partial charge in [-0.25, -0.2) is 0 Å². The molecule has 64 valence electrons. The Morgan fingerprint density at radius 3 is 2.58 bits per heavy atom. The van der Waals surface area contributed by atoms with Crippen LogP contribution in [-0.2, 0) is 0 Å². The summed E-state index contributed by atoms with van der Waals surface area (Å²) in [5, 5.41) is 1.80. The normalized spacial score (nSPS) is 33.8. The van der Waals surface area contributed by atoms with Gasteiger partial charge in [-0.2, -0.15) is 0 Å². The SMILES string of the molecule is CC1=CC2N=C(C)SC2C=C1C. The fraction of sp³-hybridized carbons (Fsp3) is 0.500. The Morgan fingerprint density at radius 2 is 1.83 bits per heavy atom. The van der Waals surface area contributed by atoms with E-state index in [1.54, 1.807) is 0 Å². The van der Waals surface area contributed by atoms with Crippen molar-refractivity contribution in [3.05, 3.63) is 23.3 Å². The van der Waals surface area contributed by atoms with Crippen molar-refractivity contribution in [2.75, 3.05) is 0 Å². The molecule has 2 aliphatic rings. The summed E-state index contributed by atoms with van der Waals surface area (Å²) in [6.07, 6.45) is 4.62. The van der Waals surface area contributed by atoms with Crippen molar-refractivity contribution in [2.45, 2.75) is 32.1 Å². The van der Waals surface area contributed by atoms with E-state index >= 15 is 0 Å². The summed E-state index contributed by atoms with van der Waals surface area (Å²) >= 11 is 1.88. The smallest absolute Gasteiger partial charge is 0.0852 e. The fourth-order valence-electron chi connectivity index (χ4n) is 1.61. The molecule has 2 atom stereocenters. The van der Waals surface area contributed by atoms with Crippen molar-refractivity contribution >= 4 is 16.8 Å². The molecule has 0 spiro atoms. The number of fused-ring (bicyclic) bond motifs is 1. The first kappa shape index (κ1) is 8.11. The minimum atomic E-state index is 0.415. The molecular formula is C10H13NS. The van der Waals surface area contributed by atoms with Gasteiger partial charge in [-0.05, 0) is 20.8 Å². The van der Waals surface area contributed by atoms with E-state index in [4.69, 9.17) is 0 Å². The molecule has 0 aromatic rings. The first-order valence-electron chi connectivity index (χ1n) is 4.25. The molecule has 0 aromatic heterocycles. The van der Waals surface area contributed by atoms with E-state index in [1.807, 2.05) is 11.8 Å². The predicted octanol–water partition coefficient (Wildman–Crippen LogP) is 2.80.